The maximum absolute atomic E-state index is 12.8. The smallest absolute Gasteiger partial charge is 0.231 e. The molecule has 0 spiro atoms. The van der Waals surface area contributed by atoms with Gasteiger partial charge in [0.2, 0.25) is 6.79 Å². The highest BCUT2D eigenvalue weighted by Gasteiger charge is 2.12. The number of halogens is 1. The second-order valence-corrected chi connectivity index (χ2v) is 4.37. The molecule has 1 aliphatic heterocycles. The van der Waals surface area contributed by atoms with E-state index in [-0.39, 0.29) is 12.6 Å². The Morgan fingerprint density at radius 2 is 1.79 bits per heavy atom. The molecule has 0 saturated heterocycles. The lowest BCUT2D eigenvalue weighted by atomic mass is 10.1. The summed E-state index contributed by atoms with van der Waals surface area (Å²) in [5.41, 5.74) is 2.10. The molecule has 2 aromatic carbocycles. The van der Waals surface area contributed by atoms with Gasteiger partial charge in [-0.3, -0.25) is 0 Å². The van der Waals surface area contributed by atoms with Crippen molar-refractivity contribution in [2.24, 2.45) is 0 Å². The minimum Gasteiger partial charge on any atom is -0.454 e. The van der Waals surface area contributed by atoms with Crippen molar-refractivity contribution in [1.82, 2.24) is 0 Å². The molecule has 2 aromatic rings. The lowest BCUT2D eigenvalue weighted by Crippen LogP contribution is -2.04. The quantitative estimate of drug-likeness (QED) is 0.914. The van der Waals surface area contributed by atoms with Crippen LogP contribution < -0.4 is 14.8 Å². The highest BCUT2D eigenvalue weighted by atomic mass is 19.1. The van der Waals surface area contributed by atoms with Gasteiger partial charge in [0.1, 0.15) is 5.82 Å². The average molecular weight is 259 g/mol. The molecule has 0 bridgehead atoms. The van der Waals surface area contributed by atoms with Crippen molar-refractivity contribution >= 4 is 5.69 Å². The Morgan fingerprint density at radius 3 is 2.63 bits per heavy atom. The van der Waals surface area contributed by atoms with Gasteiger partial charge in [-0.25, -0.2) is 4.39 Å². The summed E-state index contributed by atoms with van der Waals surface area (Å²) in [7, 11) is 0. The average Bonchev–Trinajstić information content (AvgIpc) is 2.88. The third-order valence-electron chi connectivity index (χ3n) is 3.03. The molecule has 0 atom stereocenters. The highest BCUT2D eigenvalue weighted by Crippen LogP contribution is 2.34. The van der Waals surface area contributed by atoms with E-state index in [1.807, 2.05) is 18.2 Å². The van der Waals surface area contributed by atoms with Crippen LogP contribution in [0.5, 0.6) is 11.5 Å². The Labute approximate surface area is 111 Å². The number of ether oxygens (including phenoxy) is 2. The van der Waals surface area contributed by atoms with E-state index in [2.05, 4.69) is 5.32 Å². The molecular weight excluding hydrogens is 245 g/mol. The highest BCUT2D eigenvalue weighted by molar-refractivity contribution is 5.55. The third-order valence-corrected chi connectivity index (χ3v) is 3.03. The minimum absolute atomic E-state index is 0.201. The van der Waals surface area contributed by atoms with Crippen LogP contribution in [0, 0.1) is 5.82 Å². The lowest BCUT2D eigenvalue weighted by Gasteiger charge is -2.07. The standard InChI is InChI=1S/C15H14FNO2/c16-12-3-1-11(2-4-12)7-8-17-13-5-6-14-15(9-13)19-10-18-14/h1-6,9,17H,7-8,10H2. The van der Waals surface area contributed by atoms with Gasteiger partial charge in [0.15, 0.2) is 11.5 Å². The van der Waals surface area contributed by atoms with Crippen molar-refractivity contribution in [3.8, 4) is 11.5 Å². The lowest BCUT2D eigenvalue weighted by molar-refractivity contribution is 0.174. The molecule has 1 aliphatic rings. The molecule has 1 N–H and O–H groups in total. The van der Waals surface area contributed by atoms with Gasteiger partial charge in [0, 0.05) is 18.3 Å². The van der Waals surface area contributed by atoms with Crippen LogP contribution in [0.4, 0.5) is 10.1 Å². The van der Waals surface area contributed by atoms with E-state index in [0.717, 1.165) is 35.7 Å². The van der Waals surface area contributed by atoms with Crippen molar-refractivity contribution in [1.29, 1.82) is 0 Å². The molecule has 0 fully saturated rings. The molecule has 98 valence electrons. The fourth-order valence-corrected chi connectivity index (χ4v) is 2.01. The molecular formula is C15H14FNO2. The van der Waals surface area contributed by atoms with Crippen LogP contribution in [-0.2, 0) is 6.42 Å². The second-order valence-electron chi connectivity index (χ2n) is 4.37. The summed E-state index contributed by atoms with van der Waals surface area (Å²) in [6.07, 6.45) is 0.842. The van der Waals surface area contributed by atoms with Gasteiger partial charge in [0.25, 0.3) is 0 Å². The van der Waals surface area contributed by atoms with Crippen LogP contribution >= 0.6 is 0 Å². The molecule has 4 heteroatoms. The van der Waals surface area contributed by atoms with E-state index in [4.69, 9.17) is 9.47 Å². The Morgan fingerprint density at radius 1 is 1.00 bits per heavy atom. The van der Waals surface area contributed by atoms with Gasteiger partial charge < -0.3 is 14.8 Å². The van der Waals surface area contributed by atoms with Gasteiger partial charge in [-0.2, -0.15) is 0 Å². The summed E-state index contributed by atoms with van der Waals surface area (Å²) in [5, 5.41) is 3.31. The fourth-order valence-electron chi connectivity index (χ4n) is 2.01. The third kappa shape index (κ3) is 2.78. The van der Waals surface area contributed by atoms with E-state index < -0.39 is 0 Å². The minimum atomic E-state index is -0.201. The molecule has 19 heavy (non-hydrogen) atoms. The SMILES string of the molecule is Fc1ccc(CCNc2ccc3c(c2)OCO3)cc1. The van der Waals surface area contributed by atoms with Crippen LogP contribution in [0.1, 0.15) is 5.56 Å². The van der Waals surface area contributed by atoms with Gasteiger partial charge >= 0.3 is 0 Å². The first kappa shape index (κ1) is 11.8. The molecule has 0 aromatic heterocycles. The van der Waals surface area contributed by atoms with Gasteiger partial charge in [0.05, 0.1) is 0 Å². The van der Waals surface area contributed by atoms with Crippen molar-refractivity contribution in [2.75, 3.05) is 18.7 Å². The van der Waals surface area contributed by atoms with Crippen LogP contribution in [0.15, 0.2) is 42.5 Å². The molecule has 3 nitrogen and oxygen atoms in total. The molecule has 0 saturated carbocycles. The summed E-state index contributed by atoms with van der Waals surface area (Å²) < 4.78 is 23.3. The monoisotopic (exact) mass is 259 g/mol. The van der Waals surface area contributed by atoms with Gasteiger partial charge in [-0.05, 0) is 36.2 Å². The number of benzene rings is 2. The Balaban J connectivity index is 1.56. The molecule has 0 aliphatic carbocycles. The van der Waals surface area contributed by atoms with Crippen LogP contribution in [0.2, 0.25) is 0 Å². The summed E-state index contributed by atoms with van der Waals surface area (Å²) >= 11 is 0. The van der Waals surface area contributed by atoms with E-state index in [0.29, 0.717) is 0 Å². The zero-order chi connectivity index (χ0) is 13.1. The molecule has 0 unspecified atom stereocenters. The molecule has 0 amide bonds. The first-order valence-electron chi connectivity index (χ1n) is 6.19. The fraction of sp³-hybridized carbons (Fsp3) is 0.200. The first-order chi connectivity index (χ1) is 9.31. The Kier molecular flexibility index (Phi) is 3.23. The van der Waals surface area contributed by atoms with E-state index in [1.165, 1.54) is 12.1 Å². The van der Waals surface area contributed by atoms with E-state index >= 15 is 0 Å². The predicted molar refractivity (Wildman–Crippen MR) is 71.2 cm³/mol. The second kappa shape index (κ2) is 5.18. The predicted octanol–water partition coefficient (Wildman–Crippen LogP) is 3.21. The summed E-state index contributed by atoms with van der Waals surface area (Å²) in [5.74, 6) is 1.35. The summed E-state index contributed by atoms with van der Waals surface area (Å²) in [6.45, 7) is 1.07. The largest absolute Gasteiger partial charge is 0.454 e. The van der Waals surface area contributed by atoms with Gasteiger partial charge in [-0.15, -0.1) is 0 Å². The summed E-state index contributed by atoms with van der Waals surface area (Å²) in [6, 6.07) is 12.3. The first-order valence-corrected chi connectivity index (χ1v) is 6.19. The van der Waals surface area contributed by atoms with Crippen LogP contribution in [0.25, 0.3) is 0 Å². The maximum Gasteiger partial charge on any atom is 0.231 e. The number of hydrogen-bond donors (Lipinski definition) is 1. The van der Waals surface area contributed by atoms with Crippen LogP contribution in [0.3, 0.4) is 0 Å². The van der Waals surface area contributed by atoms with E-state index in [1.54, 1.807) is 12.1 Å². The zero-order valence-corrected chi connectivity index (χ0v) is 10.4. The van der Waals surface area contributed by atoms with Crippen LogP contribution in [-0.4, -0.2) is 13.3 Å². The van der Waals surface area contributed by atoms with Crippen molar-refractivity contribution in [3.05, 3.63) is 53.8 Å². The summed E-state index contributed by atoms with van der Waals surface area (Å²) in [4.78, 5) is 0. The molecule has 1 heterocycles. The van der Waals surface area contributed by atoms with Crippen molar-refractivity contribution in [2.45, 2.75) is 6.42 Å². The number of hydrogen-bond acceptors (Lipinski definition) is 3. The number of nitrogens with one attached hydrogen (secondary N) is 1. The maximum atomic E-state index is 12.8. The molecule has 0 radical (unpaired) electrons. The number of anilines is 1. The Hall–Kier alpha value is -2.23. The topological polar surface area (TPSA) is 30.5 Å². The van der Waals surface area contributed by atoms with Crippen molar-refractivity contribution in [3.63, 3.8) is 0 Å². The number of rotatable bonds is 4. The Bertz CT molecular complexity index is 569. The van der Waals surface area contributed by atoms with Gasteiger partial charge in [-0.1, -0.05) is 12.1 Å². The molecule has 3 rings (SSSR count). The number of fused-ring (bicyclic) bond motifs is 1. The van der Waals surface area contributed by atoms with Crippen molar-refractivity contribution < 1.29 is 13.9 Å². The normalized spacial score (nSPS) is 12.5. The zero-order valence-electron chi connectivity index (χ0n) is 10.4. The van der Waals surface area contributed by atoms with E-state index in [9.17, 15) is 4.39 Å².